The number of halogens is 2. The quantitative estimate of drug-likeness (QED) is 0.639. The van der Waals surface area contributed by atoms with Gasteiger partial charge >= 0.3 is 5.97 Å². The van der Waals surface area contributed by atoms with Crippen molar-refractivity contribution in [2.24, 2.45) is 0 Å². The fourth-order valence-corrected chi connectivity index (χ4v) is 2.47. The Bertz CT molecular complexity index is 511. The molecular weight excluding hydrogens is 307 g/mol. The maximum atomic E-state index is 10.7. The van der Waals surface area contributed by atoms with E-state index in [1.807, 2.05) is 13.8 Å². The summed E-state index contributed by atoms with van der Waals surface area (Å²) in [4.78, 5) is 22.5. The molecule has 8 heteroatoms. The average molecular weight is 321 g/mol. The average Bonchev–Trinajstić information content (AvgIpc) is 2.31. The molecule has 1 aromatic carbocycles. The number of non-ortho nitro benzene ring substituents is 1. The van der Waals surface area contributed by atoms with Crippen LogP contribution in [0.1, 0.15) is 20.3 Å². The number of hydrogen-bond donors (Lipinski definition) is 1. The zero-order valence-corrected chi connectivity index (χ0v) is 12.5. The van der Waals surface area contributed by atoms with Crippen molar-refractivity contribution in [2.45, 2.75) is 26.3 Å². The van der Waals surface area contributed by atoms with Crippen molar-refractivity contribution < 1.29 is 14.8 Å². The van der Waals surface area contributed by atoms with Crippen LogP contribution in [0.3, 0.4) is 0 Å². The molecule has 0 bridgehead atoms. The molecule has 0 heterocycles. The van der Waals surface area contributed by atoms with Gasteiger partial charge in [-0.3, -0.25) is 14.9 Å². The highest BCUT2D eigenvalue weighted by atomic mass is 35.5. The van der Waals surface area contributed by atoms with E-state index in [9.17, 15) is 14.9 Å². The van der Waals surface area contributed by atoms with Gasteiger partial charge in [-0.05, 0) is 13.8 Å². The summed E-state index contributed by atoms with van der Waals surface area (Å²) in [6, 6.07) is 2.36. The van der Waals surface area contributed by atoms with Crippen molar-refractivity contribution in [1.82, 2.24) is 0 Å². The van der Waals surface area contributed by atoms with Gasteiger partial charge in [0.25, 0.3) is 5.69 Å². The van der Waals surface area contributed by atoms with Crippen molar-refractivity contribution in [3.05, 3.63) is 32.3 Å². The Morgan fingerprint density at radius 3 is 2.25 bits per heavy atom. The van der Waals surface area contributed by atoms with Crippen LogP contribution in [0.4, 0.5) is 11.4 Å². The van der Waals surface area contributed by atoms with Crippen LogP contribution in [0.2, 0.25) is 10.0 Å². The van der Waals surface area contributed by atoms with Crippen molar-refractivity contribution in [3.8, 4) is 0 Å². The zero-order chi connectivity index (χ0) is 15.4. The second kappa shape index (κ2) is 6.76. The molecule has 0 aromatic heterocycles. The van der Waals surface area contributed by atoms with E-state index in [1.165, 1.54) is 12.1 Å². The molecular formula is C12H14Cl2N2O4. The number of carboxylic acid groups (broad SMARTS) is 1. The van der Waals surface area contributed by atoms with Crippen LogP contribution in [-0.2, 0) is 4.79 Å². The Morgan fingerprint density at radius 1 is 1.40 bits per heavy atom. The van der Waals surface area contributed by atoms with Gasteiger partial charge in [0, 0.05) is 24.7 Å². The van der Waals surface area contributed by atoms with Gasteiger partial charge in [0.15, 0.2) is 0 Å². The molecule has 1 aromatic rings. The van der Waals surface area contributed by atoms with Gasteiger partial charge < -0.3 is 10.0 Å². The number of nitrogens with zero attached hydrogens (tertiary/aromatic N) is 2. The molecule has 0 fully saturated rings. The van der Waals surface area contributed by atoms with E-state index in [2.05, 4.69) is 0 Å². The van der Waals surface area contributed by atoms with Crippen molar-refractivity contribution in [1.29, 1.82) is 0 Å². The van der Waals surface area contributed by atoms with Gasteiger partial charge in [-0.2, -0.15) is 0 Å². The van der Waals surface area contributed by atoms with Crippen LogP contribution in [-0.4, -0.2) is 28.6 Å². The fourth-order valence-electron chi connectivity index (χ4n) is 1.78. The smallest absolute Gasteiger partial charge is 0.305 e. The Morgan fingerprint density at radius 2 is 1.90 bits per heavy atom. The summed E-state index contributed by atoms with van der Waals surface area (Å²) in [6.45, 7) is 3.93. The van der Waals surface area contributed by atoms with Gasteiger partial charge in [0.05, 0.1) is 27.1 Å². The third kappa shape index (κ3) is 3.98. The van der Waals surface area contributed by atoms with Crippen LogP contribution in [0.15, 0.2) is 12.1 Å². The number of aliphatic carboxylic acids is 1. The molecule has 0 aliphatic rings. The van der Waals surface area contributed by atoms with E-state index in [1.54, 1.807) is 4.90 Å². The molecule has 20 heavy (non-hydrogen) atoms. The van der Waals surface area contributed by atoms with Gasteiger partial charge in [0.1, 0.15) is 0 Å². The molecule has 110 valence electrons. The standard InChI is InChI=1S/C12H14Cl2N2O4/c1-7(2)15(4-3-11(17)18)12-9(13)5-8(16(19)20)6-10(12)14/h5-7H,3-4H2,1-2H3,(H,17,18). The predicted octanol–water partition coefficient (Wildman–Crippen LogP) is 3.59. The van der Waals surface area contributed by atoms with Gasteiger partial charge in [-0.1, -0.05) is 23.2 Å². The van der Waals surface area contributed by atoms with E-state index in [-0.39, 0.29) is 34.7 Å². The summed E-state index contributed by atoms with van der Waals surface area (Å²) in [5.74, 6) is -0.940. The maximum absolute atomic E-state index is 10.7. The van der Waals surface area contributed by atoms with Crippen LogP contribution in [0.5, 0.6) is 0 Å². The molecule has 0 amide bonds. The molecule has 0 saturated carbocycles. The molecule has 0 aliphatic heterocycles. The molecule has 0 radical (unpaired) electrons. The van der Waals surface area contributed by atoms with Gasteiger partial charge in [-0.25, -0.2) is 0 Å². The van der Waals surface area contributed by atoms with E-state index < -0.39 is 10.9 Å². The van der Waals surface area contributed by atoms with Crippen LogP contribution >= 0.6 is 23.2 Å². The highest BCUT2D eigenvalue weighted by molar-refractivity contribution is 6.39. The normalized spacial score (nSPS) is 10.7. The van der Waals surface area contributed by atoms with Crippen molar-refractivity contribution >= 4 is 40.5 Å². The summed E-state index contributed by atoms with van der Waals surface area (Å²) in [5, 5.41) is 19.8. The van der Waals surface area contributed by atoms with Crippen LogP contribution in [0.25, 0.3) is 0 Å². The first-order valence-electron chi connectivity index (χ1n) is 5.86. The lowest BCUT2D eigenvalue weighted by Crippen LogP contribution is -2.33. The Hall–Kier alpha value is -1.53. The zero-order valence-electron chi connectivity index (χ0n) is 11.0. The monoisotopic (exact) mass is 320 g/mol. The lowest BCUT2D eigenvalue weighted by molar-refractivity contribution is -0.384. The van der Waals surface area contributed by atoms with Crippen molar-refractivity contribution in [2.75, 3.05) is 11.4 Å². The number of rotatable bonds is 6. The molecule has 1 N–H and O–H groups in total. The van der Waals surface area contributed by atoms with Crippen LogP contribution < -0.4 is 4.90 Å². The summed E-state index contributed by atoms with van der Waals surface area (Å²) in [5.41, 5.74) is 0.209. The first-order valence-corrected chi connectivity index (χ1v) is 6.61. The van der Waals surface area contributed by atoms with Gasteiger partial charge in [0.2, 0.25) is 0 Å². The first-order chi connectivity index (χ1) is 9.23. The number of benzene rings is 1. The van der Waals surface area contributed by atoms with Crippen LogP contribution in [0, 0.1) is 10.1 Å². The third-order valence-electron chi connectivity index (χ3n) is 2.69. The van der Waals surface area contributed by atoms with E-state index in [4.69, 9.17) is 28.3 Å². The molecule has 0 atom stereocenters. The topological polar surface area (TPSA) is 83.7 Å². The minimum absolute atomic E-state index is 0.0502. The molecule has 0 aliphatic carbocycles. The van der Waals surface area contributed by atoms with E-state index >= 15 is 0 Å². The molecule has 0 unspecified atom stereocenters. The van der Waals surface area contributed by atoms with E-state index in [0.717, 1.165) is 0 Å². The summed E-state index contributed by atoms with van der Waals surface area (Å²) >= 11 is 12.1. The number of carboxylic acids is 1. The fraction of sp³-hybridized carbons (Fsp3) is 0.417. The SMILES string of the molecule is CC(C)N(CCC(=O)O)c1c(Cl)cc([N+](=O)[O-])cc1Cl. The molecule has 6 nitrogen and oxygen atoms in total. The number of carbonyl (C=O) groups is 1. The summed E-state index contributed by atoms with van der Waals surface area (Å²) < 4.78 is 0. The number of anilines is 1. The summed E-state index contributed by atoms with van der Waals surface area (Å²) in [7, 11) is 0. The Kier molecular flexibility index (Phi) is 5.59. The lowest BCUT2D eigenvalue weighted by atomic mass is 10.2. The molecule has 0 saturated heterocycles. The molecule has 1 rings (SSSR count). The maximum Gasteiger partial charge on any atom is 0.305 e. The summed E-state index contributed by atoms with van der Waals surface area (Å²) in [6.07, 6.45) is -0.0815. The third-order valence-corrected chi connectivity index (χ3v) is 3.27. The first kappa shape index (κ1) is 16.5. The minimum atomic E-state index is -0.940. The second-order valence-corrected chi connectivity index (χ2v) is 5.26. The Balaban J connectivity index is 3.20. The number of nitro groups is 1. The minimum Gasteiger partial charge on any atom is -0.481 e. The highest BCUT2D eigenvalue weighted by Gasteiger charge is 2.21. The second-order valence-electron chi connectivity index (χ2n) is 4.45. The lowest BCUT2D eigenvalue weighted by Gasteiger charge is -2.30. The number of hydrogen-bond acceptors (Lipinski definition) is 4. The van der Waals surface area contributed by atoms with Crippen molar-refractivity contribution in [3.63, 3.8) is 0 Å². The van der Waals surface area contributed by atoms with Gasteiger partial charge in [-0.15, -0.1) is 0 Å². The number of nitro benzene ring substituents is 1. The predicted molar refractivity (Wildman–Crippen MR) is 77.9 cm³/mol. The van der Waals surface area contributed by atoms with E-state index in [0.29, 0.717) is 5.69 Å². The highest BCUT2D eigenvalue weighted by Crippen LogP contribution is 2.38. The largest absolute Gasteiger partial charge is 0.481 e. The Labute approximate surface area is 126 Å². The molecule has 0 spiro atoms.